The summed E-state index contributed by atoms with van der Waals surface area (Å²) in [5.74, 6) is 0.161. The van der Waals surface area contributed by atoms with Crippen LogP contribution >= 0.6 is 0 Å². The van der Waals surface area contributed by atoms with Crippen LogP contribution < -0.4 is 11.1 Å². The Labute approximate surface area is 134 Å². The molecule has 4 rings (SSSR count). The zero-order valence-electron chi connectivity index (χ0n) is 12.8. The van der Waals surface area contributed by atoms with Crippen LogP contribution in [0.25, 0.3) is 16.6 Å². The minimum absolute atomic E-state index is 0.322. The number of hydrogen-bond donors (Lipinski definition) is 2. The van der Waals surface area contributed by atoms with Crippen LogP contribution in [0.3, 0.4) is 0 Å². The van der Waals surface area contributed by atoms with Crippen LogP contribution in [-0.2, 0) is 0 Å². The number of benzene rings is 1. The van der Waals surface area contributed by atoms with Crippen molar-refractivity contribution in [2.24, 2.45) is 0 Å². The summed E-state index contributed by atoms with van der Waals surface area (Å²) in [5.41, 5.74) is 9.57. The lowest BCUT2D eigenvalue weighted by Gasteiger charge is -2.22. The van der Waals surface area contributed by atoms with Crippen molar-refractivity contribution in [3.05, 3.63) is 54.2 Å². The highest BCUT2D eigenvalue weighted by Gasteiger charge is 2.21. The lowest BCUT2D eigenvalue weighted by molar-refractivity contribution is 0.463. The van der Waals surface area contributed by atoms with E-state index in [1.54, 1.807) is 6.07 Å². The third kappa shape index (κ3) is 2.47. The molecule has 1 aromatic carbocycles. The van der Waals surface area contributed by atoms with Crippen LogP contribution in [0.4, 0.5) is 10.1 Å². The first-order chi connectivity index (χ1) is 11.2. The maximum Gasteiger partial charge on any atom is 0.125 e. The van der Waals surface area contributed by atoms with Crippen LogP contribution in [0.2, 0.25) is 0 Å². The Morgan fingerprint density at radius 2 is 2.22 bits per heavy atom. The zero-order chi connectivity index (χ0) is 15.8. The van der Waals surface area contributed by atoms with Gasteiger partial charge in [-0.15, -0.1) is 0 Å². The Kier molecular flexibility index (Phi) is 3.50. The van der Waals surface area contributed by atoms with E-state index in [9.17, 15) is 4.39 Å². The first kappa shape index (κ1) is 14.2. The molecule has 0 spiro atoms. The van der Waals surface area contributed by atoms with Gasteiger partial charge in [0.05, 0.1) is 23.1 Å². The minimum atomic E-state index is -0.322. The van der Waals surface area contributed by atoms with Gasteiger partial charge in [0.25, 0.3) is 0 Å². The highest BCUT2D eigenvalue weighted by molar-refractivity contribution is 5.86. The highest BCUT2D eigenvalue weighted by Crippen LogP contribution is 2.34. The van der Waals surface area contributed by atoms with Crippen molar-refractivity contribution in [2.75, 3.05) is 18.8 Å². The normalized spacial score (nSPS) is 18.4. The topological polar surface area (TPSA) is 55.9 Å². The number of hydrogen-bond acceptors (Lipinski definition) is 3. The molecule has 1 atom stereocenters. The molecule has 0 bridgehead atoms. The molecule has 1 fully saturated rings. The number of fused-ring (bicyclic) bond motifs is 1. The number of rotatable bonds is 2. The Hall–Kier alpha value is -2.40. The fourth-order valence-corrected chi connectivity index (χ4v) is 3.49. The van der Waals surface area contributed by atoms with Crippen molar-refractivity contribution < 1.29 is 4.39 Å². The van der Waals surface area contributed by atoms with Crippen molar-refractivity contribution in [3.8, 4) is 5.69 Å². The molecule has 0 saturated carbocycles. The predicted octanol–water partition coefficient (Wildman–Crippen LogP) is 3.21. The molecule has 4 nitrogen and oxygen atoms in total. The molecule has 2 aromatic heterocycles. The first-order valence-corrected chi connectivity index (χ1v) is 7.95. The molecular formula is C18H19FN4. The second kappa shape index (κ2) is 5.66. The third-order valence-corrected chi connectivity index (χ3v) is 4.62. The van der Waals surface area contributed by atoms with Gasteiger partial charge in [-0.05, 0) is 55.1 Å². The van der Waals surface area contributed by atoms with Gasteiger partial charge in [-0.1, -0.05) is 0 Å². The number of nitrogen functional groups attached to an aromatic ring is 1. The number of pyridine rings is 1. The average molecular weight is 310 g/mol. The molecule has 23 heavy (non-hydrogen) atoms. The Bertz CT molecular complexity index is 849. The molecular weight excluding hydrogens is 291 g/mol. The zero-order valence-corrected chi connectivity index (χ0v) is 12.8. The largest absolute Gasteiger partial charge is 0.397 e. The Morgan fingerprint density at radius 3 is 3.00 bits per heavy atom. The second-order valence-corrected chi connectivity index (χ2v) is 6.09. The third-order valence-electron chi connectivity index (χ3n) is 4.62. The second-order valence-electron chi connectivity index (χ2n) is 6.09. The van der Waals surface area contributed by atoms with Crippen molar-refractivity contribution in [3.63, 3.8) is 0 Å². The van der Waals surface area contributed by atoms with Gasteiger partial charge in [-0.25, -0.2) is 4.39 Å². The van der Waals surface area contributed by atoms with E-state index < -0.39 is 0 Å². The van der Waals surface area contributed by atoms with Crippen LogP contribution in [0.15, 0.2) is 42.9 Å². The van der Waals surface area contributed by atoms with E-state index in [-0.39, 0.29) is 5.82 Å². The number of nitrogens with two attached hydrogens (primary N) is 1. The van der Waals surface area contributed by atoms with Gasteiger partial charge in [0.15, 0.2) is 0 Å². The standard InChI is InChI=1S/C18H19FN4/c19-13-3-4-17(16(20)8-13)23-11-15(12-2-1-6-21-9-12)14-5-7-22-10-18(14)23/h3-5,7-8,10-12,21H,1-2,6,9,20H2. The molecule has 5 heteroatoms. The number of nitrogens with one attached hydrogen (secondary N) is 1. The average Bonchev–Trinajstić information content (AvgIpc) is 2.95. The number of piperidine rings is 1. The fraction of sp³-hybridized carbons (Fsp3) is 0.278. The first-order valence-electron chi connectivity index (χ1n) is 7.95. The monoisotopic (exact) mass is 310 g/mol. The van der Waals surface area contributed by atoms with E-state index in [1.807, 2.05) is 17.0 Å². The maximum atomic E-state index is 13.4. The van der Waals surface area contributed by atoms with Crippen molar-refractivity contribution in [1.29, 1.82) is 0 Å². The molecule has 3 aromatic rings. The molecule has 118 valence electrons. The molecule has 0 radical (unpaired) electrons. The van der Waals surface area contributed by atoms with E-state index in [0.29, 0.717) is 11.6 Å². The number of nitrogens with zero attached hydrogens (tertiary/aromatic N) is 2. The van der Waals surface area contributed by atoms with Crippen LogP contribution in [0.1, 0.15) is 24.3 Å². The highest BCUT2D eigenvalue weighted by atomic mass is 19.1. The summed E-state index contributed by atoms with van der Waals surface area (Å²) in [6.07, 6.45) is 8.15. The van der Waals surface area contributed by atoms with Gasteiger partial charge in [-0.3, -0.25) is 4.98 Å². The smallest absolute Gasteiger partial charge is 0.125 e. The summed E-state index contributed by atoms with van der Waals surface area (Å²) in [5, 5.41) is 4.66. The molecule has 1 unspecified atom stereocenters. The summed E-state index contributed by atoms with van der Waals surface area (Å²) in [6.45, 7) is 2.07. The number of anilines is 1. The molecule has 1 aliphatic heterocycles. The quantitative estimate of drug-likeness (QED) is 0.715. The minimum Gasteiger partial charge on any atom is -0.397 e. The number of aromatic nitrogens is 2. The van der Waals surface area contributed by atoms with E-state index in [2.05, 4.69) is 22.6 Å². The predicted molar refractivity (Wildman–Crippen MR) is 90.3 cm³/mol. The lowest BCUT2D eigenvalue weighted by Crippen LogP contribution is -2.28. The van der Waals surface area contributed by atoms with Gasteiger partial charge in [0.1, 0.15) is 5.82 Å². The number of halogens is 1. The lowest BCUT2D eigenvalue weighted by atomic mass is 9.92. The molecule has 3 heterocycles. The molecule has 3 N–H and O–H groups in total. The van der Waals surface area contributed by atoms with Gasteiger partial charge in [-0.2, -0.15) is 0 Å². The van der Waals surface area contributed by atoms with Crippen LogP contribution in [0.5, 0.6) is 0 Å². The Balaban J connectivity index is 1.90. The molecule has 1 aliphatic rings. The summed E-state index contributed by atoms with van der Waals surface area (Å²) >= 11 is 0. The fourth-order valence-electron chi connectivity index (χ4n) is 3.49. The summed E-state index contributed by atoms with van der Waals surface area (Å²) < 4.78 is 15.4. The van der Waals surface area contributed by atoms with Gasteiger partial charge in [0, 0.05) is 24.3 Å². The van der Waals surface area contributed by atoms with Crippen LogP contribution in [-0.4, -0.2) is 22.6 Å². The van der Waals surface area contributed by atoms with Gasteiger partial charge >= 0.3 is 0 Å². The van der Waals surface area contributed by atoms with Crippen LogP contribution in [0, 0.1) is 5.82 Å². The maximum absolute atomic E-state index is 13.4. The Morgan fingerprint density at radius 1 is 1.30 bits per heavy atom. The van der Waals surface area contributed by atoms with E-state index in [4.69, 9.17) is 5.73 Å². The van der Waals surface area contributed by atoms with E-state index in [0.717, 1.165) is 24.3 Å². The summed E-state index contributed by atoms with van der Waals surface area (Å²) in [4.78, 5) is 4.25. The van der Waals surface area contributed by atoms with Crippen molar-refractivity contribution in [2.45, 2.75) is 18.8 Å². The van der Waals surface area contributed by atoms with E-state index in [1.165, 1.54) is 35.9 Å². The van der Waals surface area contributed by atoms with Crippen molar-refractivity contribution >= 4 is 16.6 Å². The van der Waals surface area contributed by atoms with Gasteiger partial charge < -0.3 is 15.6 Å². The van der Waals surface area contributed by atoms with Crippen molar-refractivity contribution in [1.82, 2.24) is 14.9 Å². The van der Waals surface area contributed by atoms with E-state index >= 15 is 0 Å². The SMILES string of the molecule is Nc1cc(F)ccc1-n1cc(C2CCCNC2)c2ccncc21. The molecule has 0 amide bonds. The summed E-state index contributed by atoms with van der Waals surface area (Å²) in [6, 6.07) is 6.57. The summed E-state index contributed by atoms with van der Waals surface area (Å²) in [7, 11) is 0. The van der Waals surface area contributed by atoms with Gasteiger partial charge in [0.2, 0.25) is 0 Å². The molecule has 0 aliphatic carbocycles. The molecule has 1 saturated heterocycles.